The highest BCUT2D eigenvalue weighted by atomic mass is 35.5. The number of hydrogen-bond acceptors (Lipinski definition) is 5. The summed E-state index contributed by atoms with van der Waals surface area (Å²) in [6, 6.07) is 10.4. The average Bonchev–Trinajstić information content (AvgIpc) is 2.90. The van der Waals surface area contributed by atoms with Crippen molar-refractivity contribution in [3.63, 3.8) is 0 Å². The van der Waals surface area contributed by atoms with Crippen molar-refractivity contribution in [3.05, 3.63) is 69.3 Å². The van der Waals surface area contributed by atoms with Crippen molar-refractivity contribution in [2.45, 2.75) is 6.54 Å². The van der Waals surface area contributed by atoms with Gasteiger partial charge in [-0.05, 0) is 53.2 Å². The lowest BCUT2D eigenvalue weighted by Crippen LogP contribution is -2.27. The maximum Gasteiger partial charge on any atom is 0.293 e. The molecular formula is C19H14ClFN2O4S. The van der Waals surface area contributed by atoms with E-state index in [1.54, 1.807) is 30.3 Å². The molecule has 1 heterocycles. The number of carbonyl (C=O) groups excluding carboxylic acids is 3. The van der Waals surface area contributed by atoms with Gasteiger partial charge in [0.2, 0.25) is 0 Å². The minimum Gasteiger partial charge on any atom is -0.484 e. The van der Waals surface area contributed by atoms with E-state index < -0.39 is 22.9 Å². The Morgan fingerprint density at radius 1 is 1.21 bits per heavy atom. The summed E-state index contributed by atoms with van der Waals surface area (Å²) < 4.78 is 18.3. The minimum absolute atomic E-state index is 0.0407. The molecule has 2 aromatic rings. The number of rotatable bonds is 6. The fourth-order valence-electron chi connectivity index (χ4n) is 2.42. The van der Waals surface area contributed by atoms with Crippen LogP contribution in [0.5, 0.6) is 5.75 Å². The molecule has 1 fully saturated rings. The summed E-state index contributed by atoms with van der Waals surface area (Å²) in [7, 11) is 0. The van der Waals surface area contributed by atoms with Gasteiger partial charge >= 0.3 is 0 Å². The summed E-state index contributed by atoms with van der Waals surface area (Å²) in [5.41, 5.74) is 6.17. The molecule has 144 valence electrons. The van der Waals surface area contributed by atoms with Crippen LogP contribution in [0, 0.1) is 5.82 Å². The number of ether oxygens (including phenoxy) is 1. The van der Waals surface area contributed by atoms with Crippen LogP contribution in [0.1, 0.15) is 11.1 Å². The molecule has 0 radical (unpaired) electrons. The molecule has 0 bridgehead atoms. The highest BCUT2D eigenvalue weighted by Gasteiger charge is 2.35. The Labute approximate surface area is 169 Å². The Bertz CT molecular complexity index is 978. The Morgan fingerprint density at radius 2 is 1.93 bits per heavy atom. The van der Waals surface area contributed by atoms with E-state index in [4.69, 9.17) is 22.1 Å². The van der Waals surface area contributed by atoms with Gasteiger partial charge in [0.15, 0.2) is 6.61 Å². The van der Waals surface area contributed by atoms with Crippen molar-refractivity contribution in [3.8, 4) is 5.75 Å². The van der Waals surface area contributed by atoms with Gasteiger partial charge in [-0.15, -0.1) is 0 Å². The number of halogens is 2. The molecule has 28 heavy (non-hydrogen) atoms. The van der Waals surface area contributed by atoms with E-state index in [2.05, 4.69) is 0 Å². The SMILES string of the molecule is NC(=O)COc1ccc(/C=C2\SC(=O)N(Cc3ccc(F)cc3Cl)C2=O)cc1. The molecule has 1 saturated heterocycles. The van der Waals surface area contributed by atoms with Crippen LogP contribution in [0.25, 0.3) is 6.08 Å². The van der Waals surface area contributed by atoms with Gasteiger partial charge < -0.3 is 10.5 Å². The second kappa shape index (κ2) is 8.45. The Kier molecular flexibility index (Phi) is 6.01. The second-order valence-corrected chi connectivity index (χ2v) is 7.23. The van der Waals surface area contributed by atoms with Crippen LogP contribution < -0.4 is 10.5 Å². The van der Waals surface area contributed by atoms with Crippen molar-refractivity contribution in [1.82, 2.24) is 4.90 Å². The molecule has 9 heteroatoms. The lowest BCUT2D eigenvalue weighted by molar-refractivity contribution is -0.123. The quantitative estimate of drug-likeness (QED) is 0.721. The number of imide groups is 1. The Morgan fingerprint density at radius 3 is 2.57 bits per heavy atom. The average molecular weight is 421 g/mol. The van der Waals surface area contributed by atoms with Gasteiger partial charge in [0.25, 0.3) is 17.1 Å². The molecule has 1 aliphatic rings. The maximum absolute atomic E-state index is 13.2. The van der Waals surface area contributed by atoms with Crippen LogP contribution in [0.2, 0.25) is 5.02 Å². The largest absolute Gasteiger partial charge is 0.484 e. The van der Waals surface area contributed by atoms with E-state index in [1.807, 2.05) is 0 Å². The predicted molar refractivity (Wildman–Crippen MR) is 104 cm³/mol. The number of primary amides is 1. The fraction of sp³-hybridized carbons (Fsp3) is 0.105. The number of nitrogens with two attached hydrogens (primary N) is 1. The molecule has 0 atom stereocenters. The van der Waals surface area contributed by atoms with Crippen LogP contribution in [0.3, 0.4) is 0 Å². The number of carbonyl (C=O) groups is 3. The summed E-state index contributed by atoms with van der Waals surface area (Å²) in [4.78, 5) is 36.8. The van der Waals surface area contributed by atoms with Crippen molar-refractivity contribution < 1.29 is 23.5 Å². The van der Waals surface area contributed by atoms with Crippen molar-refractivity contribution in [2.75, 3.05) is 6.61 Å². The molecule has 0 unspecified atom stereocenters. The lowest BCUT2D eigenvalue weighted by atomic mass is 10.2. The minimum atomic E-state index is -0.584. The van der Waals surface area contributed by atoms with Gasteiger partial charge in [0.05, 0.1) is 11.4 Å². The van der Waals surface area contributed by atoms with Crippen LogP contribution in [0.4, 0.5) is 9.18 Å². The second-order valence-electron chi connectivity index (χ2n) is 5.83. The van der Waals surface area contributed by atoms with E-state index in [1.165, 1.54) is 12.1 Å². The zero-order valence-corrected chi connectivity index (χ0v) is 15.9. The van der Waals surface area contributed by atoms with Gasteiger partial charge in [-0.1, -0.05) is 29.8 Å². The summed E-state index contributed by atoms with van der Waals surface area (Å²) in [5, 5.41) is -0.285. The molecule has 3 rings (SSSR count). The molecule has 2 aromatic carbocycles. The third-order valence-corrected chi connectivity index (χ3v) is 5.04. The van der Waals surface area contributed by atoms with Gasteiger partial charge in [-0.25, -0.2) is 4.39 Å². The molecule has 6 nitrogen and oxygen atoms in total. The van der Waals surface area contributed by atoms with Crippen molar-refractivity contribution in [2.24, 2.45) is 5.73 Å². The summed E-state index contributed by atoms with van der Waals surface area (Å²) in [6.07, 6.45) is 1.58. The number of amides is 3. The molecule has 0 saturated carbocycles. The van der Waals surface area contributed by atoms with Gasteiger partial charge in [0, 0.05) is 5.02 Å². The highest BCUT2D eigenvalue weighted by molar-refractivity contribution is 8.18. The maximum atomic E-state index is 13.2. The van der Waals surface area contributed by atoms with E-state index >= 15 is 0 Å². The molecule has 2 N–H and O–H groups in total. The molecule has 0 aromatic heterocycles. The zero-order chi connectivity index (χ0) is 20.3. The highest BCUT2D eigenvalue weighted by Crippen LogP contribution is 2.34. The first-order valence-electron chi connectivity index (χ1n) is 8.04. The predicted octanol–water partition coefficient (Wildman–Crippen LogP) is 3.58. The molecule has 0 aliphatic carbocycles. The topological polar surface area (TPSA) is 89.7 Å². The summed E-state index contributed by atoms with van der Waals surface area (Å²) in [5.74, 6) is -1.08. The first-order valence-corrected chi connectivity index (χ1v) is 9.23. The van der Waals surface area contributed by atoms with Crippen molar-refractivity contribution >= 4 is 46.5 Å². The number of nitrogens with zero attached hydrogens (tertiary/aromatic N) is 1. The van der Waals surface area contributed by atoms with E-state index in [0.29, 0.717) is 16.9 Å². The van der Waals surface area contributed by atoms with Crippen molar-refractivity contribution in [1.29, 1.82) is 0 Å². The fourth-order valence-corrected chi connectivity index (χ4v) is 3.49. The van der Waals surface area contributed by atoms with Gasteiger partial charge in [-0.2, -0.15) is 0 Å². The van der Waals surface area contributed by atoms with Crippen LogP contribution in [-0.4, -0.2) is 28.6 Å². The van der Waals surface area contributed by atoms with Gasteiger partial charge in [-0.3, -0.25) is 19.3 Å². The third kappa shape index (κ3) is 4.71. The van der Waals surface area contributed by atoms with E-state index in [9.17, 15) is 18.8 Å². The standard InChI is InChI=1S/C19H14ClFN2O4S/c20-15-8-13(21)4-3-12(15)9-23-18(25)16(28-19(23)26)7-11-1-5-14(6-2-11)27-10-17(22)24/h1-8H,9-10H2,(H2,22,24)/b16-7-. The Hall–Kier alpha value is -2.84. The number of thioether (sulfide) groups is 1. The summed E-state index contributed by atoms with van der Waals surface area (Å²) >= 11 is 6.79. The van der Waals surface area contributed by atoms with Crippen LogP contribution >= 0.6 is 23.4 Å². The van der Waals surface area contributed by atoms with Crippen LogP contribution in [0.15, 0.2) is 47.4 Å². The van der Waals surface area contributed by atoms with Gasteiger partial charge in [0.1, 0.15) is 11.6 Å². The van der Waals surface area contributed by atoms with E-state index in [-0.39, 0.29) is 23.1 Å². The molecule has 0 spiro atoms. The third-order valence-electron chi connectivity index (χ3n) is 3.78. The molecule has 1 aliphatic heterocycles. The molecule has 3 amide bonds. The lowest BCUT2D eigenvalue weighted by Gasteiger charge is -2.13. The summed E-state index contributed by atoms with van der Waals surface area (Å²) in [6.45, 7) is -0.273. The normalized spacial score (nSPS) is 15.4. The number of hydrogen-bond donors (Lipinski definition) is 1. The zero-order valence-electron chi connectivity index (χ0n) is 14.4. The smallest absolute Gasteiger partial charge is 0.293 e. The van der Waals surface area contributed by atoms with E-state index in [0.717, 1.165) is 22.7 Å². The first kappa shape index (κ1) is 19.9. The van der Waals surface area contributed by atoms with Crippen LogP contribution in [-0.2, 0) is 16.1 Å². The monoisotopic (exact) mass is 420 g/mol. The Balaban J connectivity index is 1.72. The first-order chi connectivity index (χ1) is 13.3. The molecular weight excluding hydrogens is 407 g/mol. The number of benzene rings is 2.